The lowest BCUT2D eigenvalue weighted by molar-refractivity contribution is 0.330. The van der Waals surface area contributed by atoms with Gasteiger partial charge in [-0.3, -0.25) is 4.68 Å². The predicted molar refractivity (Wildman–Crippen MR) is 54.6 cm³/mol. The molecule has 0 saturated carbocycles. The van der Waals surface area contributed by atoms with E-state index < -0.39 is 0 Å². The summed E-state index contributed by atoms with van der Waals surface area (Å²) in [5.74, 6) is 0.881. The van der Waals surface area contributed by atoms with Gasteiger partial charge in [0.25, 0.3) is 0 Å². The normalized spacial score (nSPS) is 12.0. The van der Waals surface area contributed by atoms with Gasteiger partial charge in [0.05, 0.1) is 0 Å². The van der Waals surface area contributed by atoms with Crippen molar-refractivity contribution in [3.05, 3.63) is 18.0 Å². The third kappa shape index (κ3) is 2.27. The minimum atomic E-state index is 0.222. The van der Waals surface area contributed by atoms with Crippen molar-refractivity contribution in [3.63, 3.8) is 0 Å². The summed E-state index contributed by atoms with van der Waals surface area (Å²) in [6.07, 6.45) is 1.84. The third-order valence-corrected chi connectivity index (χ3v) is 2.79. The van der Waals surface area contributed by atoms with Gasteiger partial charge in [-0.1, -0.05) is 13.8 Å². The molecule has 0 fully saturated rings. The SMILES string of the molecule is Cc1ccnn1CC(C)(C)CS. The molecule has 1 aromatic heterocycles. The van der Waals surface area contributed by atoms with Crippen LogP contribution in [0, 0.1) is 12.3 Å². The topological polar surface area (TPSA) is 17.8 Å². The van der Waals surface area contributed by atoms with Crippen molar-refractivity contribution in [1.82, 2.24) is 9.78 Å². The van der Waals surface area contributed by atoms with E-state index in [1.807, 2.05) is 16.9 Å². The van der Waals surface area contributed by atoms with Crippen molar-refractivity contribution in [2.75, 3.05) is 5.75 Å². The van der Waals surface area contributed by atoms with Crippen LogP contribution in [0.2, 0.25) is 0 Å². The van der Waals surface area contributed by atoms with Gasteiger partial charge in [0.2, 0.25) is 0 Å². The number of nitrogens with zero attached hydrogens (tertiary/aromatic N) is 2. The van der Waals surface area contributed by atoms with E-state index in [2.05, 4.69) is 38.5 Å². The Morgan fingerprint density at radius 3 is 2.67 bits per heavy atom. The Morgan fingerprint density at radius 2 is 2.25 bits per heavy atom. The fourth-order valence-electron chi connectivity index (χ4n) is 1.02. The highest BCUT2D eigenvalue weighted by Gasteiger charge is 2.17. The highest BCUT2D eigenvalue weighted by atomic mass is 32.1. The first kappa shape index (κ1) is 9.65. The van der Waals surface area contributed by atoms with Crippen LogP contribution in [-0.4, -0.2) is 15.5 Å². The average Bonchev–Trinajstić information content (AvgIpc) is 2.36. The number of hydrogen-bond acceptors (Lipinski definition) is 2. The predicted octanol–water partition coefficient (Wildman–Crippen LogP) is 2.15. The molecule has 0 spiro atoms. The van der Waals surface area contributed by atoms with Crippen LogP contribution in [0.3, 0.4) is 0 Å². The molecule has 0 N–H and O–H groups in total. The molecule has 0 amide bonds. The highest BCUT2D eigenvalue weighted by Crippen LogP contribution is 2.19. The number of hydrogen-bond donors (Lipinski definition) is 1. The van der Waals surface area contributed by atoms with Crippen molar-refractivity contribution < 1.29 is 0 Å². The minimum absolute atomic E-state index is 0.222. The maximum absolute atomic E-state index is 4.31. The molecule has 0 aliphatic heterocycles. The Hall–Kier alpha value is -0.440. The second-order valence-electron chi connectivity index (χ2n) is 3.95. The zero-order chi connectivity index (χ0) is 9.19. The first-order chi connectivity index (χ1) is 5.55. The van der Waals surface area contributed by atoms with E-state index in [-0.39, 0.29) is 5.41 Å². The smallest absolute Gasteiger partial charge is 0.0492 e. The van der Waals surface area contributed by atoms with Gasteiger partial charge in [0.15, 0.2) is 0 Å². The fourth-order valence-corrected chi connectivity index (χ4v) is 1.12. The van der Waals surface area contributed by atoms with Gasteiger partial charge >= 0.3 is 0 Å². The van der Waals surface area contributed by atoms with Crippen LogP contribution in [0.1, 0.15) is 19.5 Å². The molecule has 1 aromatic rings. The van der Waals surface area contributed by atoms with Gasteiger partial charge in [-0.2, -0.15) is 17.7 Å². The molecule has 0 radical (unpaired) electrons. The van der Waals surface area contributed by atoms with Gasteiger partial charge in [0.1, 0.15) is 0 Å². The molecule has 0 saturated heterocycles. The largest absolute Gasteiger partial charge is 0.269 e. The number of thiol groups is 1. The van der Waals surface area contributed by atoms with Crippen LogP contribution < -0.4 is 0 Å². The number of rotatable bonds is 3. The van der Waals surface area contributed by atoms with Gasteiger partial charge in [-0.25, -0.2) is 0 Å². The molecule has 0 aliphatic carbocycles. The molecule has 1 rings (SSSR count). The lowest BCUT2D eigenvalue weighted by Gasteiger charge is -2.22. The number of aromatic nitrogens is 2. The quantitative estimate of drug-likeness (QED) is 0.713. The average molecular weight is 184 g/mol. The Morgan fingerprint density at radius 1 is 1.58 bits per heavy atom. The summed E-state index contributed by atoms with van der Waals surface area (Å²) in [5.41, 5.74) is 1.43. The van der Waals surface area contributed by atoms with Crippen molar-refractivity contribution >= 4 is 12.6 Å². The zero-order valence-corrected chi connectivity index (χ0v) is 8.80. The van der Waals surface area contributed by atoms with Crippen LogP contribution in [0.25, 0.3) is 0 Å². The van der Waals surface area contributed by atoms with E-state index >= 15 is 0 Å². The molecule has 0 unspecified atom stereocenters. The zero-order valence-electron chi connectivity index (χ0n) is 7.91. The highest BCUT2D eigenvalue weighted by molar-refractivity contribution is 7.80. The van der Waals surface area contributed by atoms with Crippen LogP contribution in [-0.2, 0) is 6.54 Å². The van der Waals surface area contributed by atoms with Gasteiger partial charge in [-0.05, 0) is 24.2 Å². The van der Waals surface area contributed by atoms with Crippen molar-refractivity contribution in [2.24, 2.45) is 5.41 Å². The lowest BCUT2D eigenvalue weighted by atomic mass is 9.96. The molecule has 12 heavy (non-hydrogen) atoms. The summed E-state index contributed by atoms with van der Waals surface area (Å²) >= 11 is 4.31. The Labute approximate surface area is 79.4 Å². The van der Waals surface area contributed by atoms with E-state index in [9.17, 15) is 0 Å². The van der Waals surface area contributed by atoms with E-state index in [1.165, 1.54) is 5.69 Å². The van der Waals surface area contributed by atoms with Crippen molar-refractivity contribution in [3.8, 4) is 0 Å². The molecular weight excluding hydrogens is 168 g/mol. The molecule has 68 valence electrons. The molecule has 0 bridgehead atoms. The van der Waals surface area contributed by atoms with Crippen LogP contribution in [0.5, 0.6) is 0 Å². The van der Waals surface area contributed by atoms with Crippen LogP contribution >= 0.6 is 12.6 Å². The van der Waals surface area contributed by atoms with Crippen molar-refractivity contribution in [2.45, 2.75) is 27.3 Å². The van der Waals surface area contributed by atoms with E-state index in [0.29, 0.717) is 0 Å². The molecule has 0 atom stereocenters. The number of aryl methyl sites for hydroxylation is 1. The van der Waals surface area contributed by atoms with Gasteiger partial charge in [0, 0.05) is 18.4 Å². The van der Waals surface area contributed by atoms with E-state index in [4.69, 9.17) is 0 Å². The summed E-state index contributed by atoms with van der Waals surface area (Å²) in [7, 11) is 0. The Kier molecular flexibility index (Phi) is 2.83. The van der Waals surface area contributed by atoms with Crippen LogP contribution in [0.4, 0.5) is 0 Å². The summed E-state index contributed by atoms with van der Waals surface area (Å²) in [6.45, 7) is 7.40. The molecule has 0 aromatic carbocycles. The maximum Gasteiger partial charge on any atom is 0.0492 e. The van der Waals surface area contributed by atoms with Crippen LogP contribution in [0.15, 0.2) is 12.3 Å². The lowest BCUT2D eigenvalue weighted by Crippen LogP contribution is -2.22. The molecule has 3 heteroatoms. The standard InChI is InChI=1S/C9H16N2S/c1-8-4-5-10-11(8)6-9(2,3)7-12/h4-5,12H,6-7H2,1-3H3. The first-order valence-corrected chi connectivity index (χ1v) is 4.78. The molecular formula is C9H16N2S. The fraction of sp³-hybridized carbons (Fsp3) is 0.667. The Balaban J connectivity index is 2.70. The summed E-state index contributed by atoms with van der Waals surface area (Å²) in [4.78, 5) is 0. The van der Waals surface area contributed by atoms with E-state index in [0.717, 1.165) is 12.3 Å². The second kappa shape index (κ2) is 3.52. The third-order valence-electron chi connectivity index (χ3n) is 1.93. The molecule has 1 heterocycles. The summed E-state index contributed by atoms with van der Waals surface area (Å²) in [5, 5.41) is 4.23. The van der Waals surface area contributed by atoms with E-state index in [1.54, 1.807) is 0 Å². The Bertz CT molecular complexity index is 253. The summed E-state index contributed by atoms with van der Waals surface area (Å²) in [6, 6.07) is 2.02. The maximum atomic E-state index is 4.31. The monoisotopic (exact) mass is 184 g/mol. The molecule has 0 aliphatic rings. The second-order valence-corrected chi connectivity index (χ2v) is 4.27. The minimum Gasteiger partial charge on any atom is -0.269 e. The van der Waals surface area contributed by atoms with Crippen molar-refractivity contribution in [1.29, 1.82) is 0 Å². The van der Waals surface area contributed by atoms with Gasteiger partial charge in [-0.15, -0.1) is 0 Å². The summed E-state index contributed by atoms with van der Waals surface area (Å²) < 4.78 is 2.02. The molecule has 2 nitrogen and oxygen atoms in total. The first-order valence-electron chi connectivity index (χ1n) is 4.14. The van der Waals surface area contributed by atoms with Gasteiger partial charge < -0.3 is 0 Å².